The summed E-state index contributed by atoms with van der Waals surface area (Å²) in [6, 6.07) is 6.76. The van der Waals surface area contributed by atoms with Crippen LogP contribution < -0.4 is 10.6 Å². The van der Waals surface area contributed by atoms with Crippen LogP contribution in [0.4, 0.5) is 4.39 Å². The molecular formula is C18H27FIN5S. The molecule has 0 fully saturated rings. The molecule has 1 unspecified atom stereocenters. The summed E-state index contributed by atoms with van der Waals surface area (Å²) in [7, 11) is 5.71. The van der Waals surface area contributed by atoms with E-state index in [1.807, 2.05) is 34.0 Å². The maximum atomic E-state index is 13.5. The summed E-state index contributed by atoms with van der Waals surface area (Å²) in [6.45, 7) is 5.33. The van der Waals surface area contributed by atoms with Gasteiger partial charge in [0.1, 0.15) is 5.82 Å². The highest BCUT2D eigenvalue weighted by Gasteiger charge is 2.15. The van der Waals surface area contributed by atoms with E-state index >= 15 is 0 Å². The zero-order valence-corrected chi connectivity index (χ0v) is 19.0. The lowest BCUT2D eigenvalue weighted by Crippen LogP contribution is -2.41. The summed E-state index contributed by atoms with van der Waals surface area (Å²) in [4.78, 5) is 12.0. The van der Waals surface area contributed by atoms with Gasteiger partial charge in [-0.3, -0.25) is 4.99 Å². The van der Waals surface area contributed by atoms with Crippen LogP contribution in [0.1, 0.15) is 27.2 Å². The average Bonchev–Trinajstić information content (AvgIpc) is 2.88. The van der Waals surface area contributed by atoms with E-state index in [-0.39, 0.29) is 35.8 Å². The lowest BCUT2D eigenvalue weighted by molar-refractivity contribution is 0.297. The second kappa shape index (κ2) is 10.8. The summed E-state index contributed by atoms with van der Waals surface area (Å²) in [5, 5.41) is 7.70. The topological polar surface area (TPSA) is 52.6 Å². The molecule has 0 bridgehead atoms. The van der Waals surface area contributed by atoms with E-state index in [4.69, 9.17) is 0 Å². The third-order valence-corrected chi connectivity index (χ3v) is 5.03. The number of likely N-dealkylation sites (N-methyl/N-ethyl adjacent to an activating group) is 1. The number of benzene rings is 1. The number of hydrogen-bond donors (Lipinski definition) is 2. The Labute approximate surface area is 176 Å². The van der Waals surface area contributed by atoms with Gasteiger partial charge in [0.25, 0.3) is 0 Å². The minimum Gasteiger partial charge on any atom is -0.354 e. The molecule has 0 aliphatic heterocycles. The summed E-state index contributed by atoms with van der Waals surface area (Å²) < 4.78 is 13.5. The van der Waals surface area contributed by atoms with Gasteiger partial charge in [-0.25, -0.2) is 9.37 Å². The molecule has 0 radical (unpaired) electrons. The Balaban J connectivity index is 0.00000338. The fourth-order valence-electron chi connectivity index (χ4n) is 2.63. The van der Waals surface area contributed by atoms with Gasteiger partial charge in [-0.2, -0.15) is 0 Å². The van der Waals surface area contributed by atoms with E-state index in [2.05, 4.69) is 25.5 Å². The van der Waals surface area contributed by atoms with Gasteiger partial charge >= 0.3 is 0 Å². The van der Waals surface area contributed by atoms with Gasteiger partial charge in [-0.05, 0) is 45.6 Å². The molecule has 0 amide bonds. The van der Waals surface area contributed by atoms with Crippen LogP contribution in [0.5, 0.6) is 0 Å². The fourth-order valence-corrected chi connectivity index (χ4v) is 3.50. The van der Waals surface area contributed by atoms with Gasteiger partial charge in [-0.15, -0.1) is 35.3 Å². The van der Waals surface area contributed by atoms with Crippen LogP contribution in [0.3, 0.4) is 0 Å². The molecule has 1 aromatic carbocycles. The first-order valence-electron chi connectivity index (χ1n) is 8.20. The van der Waals surface area contributed by atoms with Crippen LogP contribution in [-0.4, -0.2) is 43.5 Å². The minimum atomic E-state index is -0.220. The van der Waals surface area contributed by atoms with Crippen molar-refractivity contribution >= 4 is 41.3 Å². The first-order valence-corrected chi connectivity index (χ1v) is 9.01. The Bertz CT molecular complexity index is 732. The Kier molecular flexibility index (Phi) is 9.45. The maximum Gasteiger partial charge on any atom is 0.191 e. The molecule has 8 heteroatoms. The number of aliphatic imine (C=N–C) groups is 1. The third kappa shape index (κ3) is 6.48. The van der Waals surface area contributed by atoms with Crippen molar-refractivity contribution in [1.82, 2.24) is 20.5 Å². The third-order valence-electron chi connectivity index (χ3n) is 3.96. The highest BCUT2D eigenvalue weighted by atomic mass is 127. The SMILES string of the molecule is CN=C(NCc1sc(C)nc1C)NCC(c1cccc(F)c1)N(C)C.I. The quantitative estimate of drug-likeness (QED) is 0.369. The molecule has 0 saturated heterocycles. The van der Waals surface area contributed by atoms with Crippen LogP contribution in [0.15, 0.2) is 29.3 Å². The second-order valence-electron chi connectivity index (χ2n) is 6.08. The van der Waals surface area contributed by atoms with E-state index in [1.54, 1.807) is 30.5 Å². The number of aromatic nitrogens is 1. The van der Waals surface area contributed by atoms with Crippen molar-refractivity contribution in [2.75, 3.05) is 27.7 Å². The zero-order valence-electron chi connectivity index (χ0n) is 15.8. The molecule has 0 saturated carbocycles. The largest absolute Gasteiger partial charge is 0.354 e. The molecule has 0 aliphatic rings. The van der Waals surface area contributed by atoms with Gasteiger partial charge in [0.15, 0.2) is 5.96 Å². The number of nitrogens with zero attached hydrogens (tertiary/aromatic N) is 3. The predicted molar refractivity (Wildman–Crippen MR) is 118 cm³/mol. The van der Waals surface area contributed by atoms with Crippen molar-refractivity contribution in [3.8, 4) is 0 Å². The summed E-state index contributed by atoms with van der Waals surface area (Å²) >= 11 is 1.69. The van der Waals surface area contributed by atoms with E-state index in [0.29, 0.717) is 19.0 Å². The van der Waals surface area contributed by atoms with Gasteiger partial charge in [0.2, 0.25) is 0 Å². The molecule has 1 heterocycles. The molecule has 1 aromatic heterocycles. The number of halogens is 2. The smallest absolute Gasteiger partial charge is 0.191 e. The van der Waals surface area contributed by atoms with Crippen LogP contribution in [0.2, 0.25) is 0 Å². The number of rotatable bonds is 6. The Morgan fingerprint density at radius 3 is 2.58 bits per heavy atom. The lowest BCUT2D eigenvalue weighted by Gasteiger charge is -2.26. The predicted octanol–water partition coefficient (Wildman–Crippen LogP) is 3.48. The van der Waals surface area contributed by atoms with E-state index in [1.165, 1.54) is 10.9 Å². The van der Waals surface area contributed by atoms with Crippen molar-refractivity contribution in [3.63, 3.8) is 0 Å². The lowest BCUT2D eigenvalue weighted by atomic mass is 10.1. The van der Waals surface area contributed by atoms with Crippen molar-refractivity contribution < 1.29 is 4.39 Å². The van der Waals surface area contributed by atoms with Crippen LogP contribution in [-0.2, 0) is 6.54 Å². The second-order valence-corrected chi connectivity index (χ2v) is 7.37. The molecule has 2 rings (SSSR count). The molecule has 5 nitrogen and oxygen atoms in total. The van der Waals surface area contributed by atoms with Gasteiger partial charge in [0, 0.05) is 18.5 Å². The first kappa shape index (κ1) is 22.8. The van der Waals surface area contributed by atoms with Gasteiger partial charge < -0.3 is 15.5 Å². The summed E-state index contributed by atoms with van der Waals surface area (Å²) in [6.07, 6.45) is 0. The van der Waals surface area contributed by atoms with Crippen molar-refractivity contribution in [3.05, 3.63) is 51.2 Å². The van der Waals surface area contributed by atoms with Crippen LogP contribution in [0, 0.1) is 19.7 Å². The van der Waals surface area contributed by atoms with Gasteiger partial charge in [-0.1, -0.05) is 12.1 Å². The number of aryl methyl sites for hydroxylation is 2. The fraction of sp³-hybridized carbons (Fsp3) is 0.444. The van der Waals surface area contributed by atoms with Crippen molar-refractivity contribution in [1.29, 1.82) is 0 Å². The Morgan fingerprint density at radius 2 is 2.04 bits per heavy atom. The van der Waals surface area contributed by atoms with Crippen molar-refractivity contribution in [2.24, 2.45) is 4.99 Å². The van der Waals surface area contributed by atoms with E-state index in [9.17, 15) is 4.39 Å². The van der Waals surface area contributed by atoms with Crippen LogP contribution >= 0.6 is 35.3 Å². The normalized spacial score (nSPS) is 12.7. The Morgan fingerprint density at radius 1 is 1.31 bits per heavy atom. The molecular weight excluding hydrogens is 464 g/mol. The zero-order chi connectivity index (χ0) is 18.4. The number of guanidine groups is 1. The molecule has 2 aromatic rings. The number of nitrogens with one attached hydrogen (secondary N) is 2. The number of thiazole rings is 1. The Hall–Kier alpha value is -1.26. The molecule has 0 spiro atoms. The molecule has 1 atom stereocenters. The summed E-state index contributed by atoms with van der Waals surface area (Å²) in [5.41, 5.74) is 1.98. The number of hydrogen-bond acceptors (Lipinski definition) is 4. The van der Waals surface area contributed by atoms with Gasteiger partial charge in [0.05, 0.1) is 23.3 Å². The molecule has 144 valence electrons. The molecule has 2 N–H and O–H groups in total. The maximum absolute atomic E-state index is 13.5. The molecule has 0 aliphatic carbocycles. The van der Waals surface area contributed by atoms with E-state index in [0.717, 1.165) is 16.3 Å². The average molecular weight is 491 g/mol. The summed E-state index contributed by atoms with van der Waals surface area (Å²) in [5.74, 6) is 0.497. The van der Waals surface area contributed by atoms with Crippen molar-refractivity contribution in [2.45, 2.75) is 26.4 Å². The minimum absolute atomic E-state index is 0. The first-order chi connectivity index (χ1) is 11.9. The standard InChI is InChI=1S/C18H26FN5S.HI/c1-12-17(25-13(2)23-12)11-22-18(20-3)21-10-16(24(4)5)14-7-6-8-15(19)9-14;/h6-9,16H,10-11H2,1-5H3,(H2,20,21,22);1H. The molecule has 26 heavy (non-hydrogen) atoms. The van der Waals surface area contributed by atoms with Crippen LogP contribution in [0.25, 0.3) is 0 Å². The highest BCUT2D eigenvalue weighted by Crippen LogP contribution is 2.18. The van der Waals surface area contributed by atoms with E-state index < -0.39 is 0 Å². The highest BCUT2D eigenvalue weighted by molar-refractivity contribution is 14.0. The monoisotopic (exact) mass is 491 g/mol.